The Kier molecular flexibility index (Phi) is 17.8. The van der Waals surface area contributed by atoms with E-state index in [9.17, 15) is 19.2 Å². The van der Waals surface area contributed by atoms with Crippen LogP contribution in [-0.2, 0) is 20.4 Å². The highest BCUT2D eigenvalue weighted by Gasteiger charge is 2.52. The minimum Gasteiger partial charge on any atom is -0.454 e. The monoisotopic (exact) mass is 822 g/mol. The standard InChI is InChI=1S/C23H19NO4.C22H19NO2.4C2H6/c25-21(15-4-2-1-3-5-15)16-6-8-18(12-16)24-22(26)23(10-11-23)17-7-9-19-20(13-17)28-14-27-19;24-20(16-7-3-1-4-8-16)17-11-12-19(15-17)23-21(25)22(13-14-22)18-9-5-2-6-10-18;4*1-2/h1-9,13H,10-12,14H2,(H,24,26);1-12H,13-15H2,(H,23,25);4*1-2H3. The zero-order chi connectivity index (χ0) is 44.4. The highest BCUT2D eigenvalue weighted by molar-refractivity contribution is 6.10. The number of hydrogen-bond donors (Lipinski definition) is 2. The van der Waals surface area contributed by atoms with Gasteiger partial charge in [0.25, 0.3) is 0 Å². The van der Waals surface area contributed by atoms with Crippen molar-refractivity contribution in [2.24, 2.45) is 0 Å². The van der Waals surface area contributed by atoms with Crippen LogP contribution in [-0.4, -0.2) is 30.2 Å². The first-order valence-electron chi connectivity index (χ1n) is 21.9. The molecule has 4 aromatic rings. The summed E-state index contributed by atoms with van der Waals surface area (Å²) in [5.74, 6) is 1.43. The van der Waals surface area contributed by atoms with Crippen molar-refractivity contribution >= 4 is 23.4 Å². The van der Waals surface area contributed by atoms with Gasteiger partial charge in [-0.1, -0.05) is 165 Å². The summed E-state index contributed by atoms with van der Waals surface area (Å²) in [6.45, 7) is 16.2. The van der Waals surface area contributed by atoms with Gasteiger partial charge in [-0.25, -0.2) is 0 Å². The number of Topliss-reactive ketones (excluding diaryl/α,β-unsaturated/α-hetero) is 2. The van der Waals surface area contributed by atoms with Crippen LogP contribution in [0.4, 0.5) is 0 Å². The summed E-state index contributed by atoms with van der Waals surface area (Å²) in [4.78, 5) is 50.8. The van der Waals surface area contributed by atoms with Crippen molar-refractivity contribution < 1.29 is 28.7 Å². The van der Waals surface area contributed by atoms with Gasteiger partial charge in [-0.05, 0) is 61.1 Å². The maximum absolute atomic E-state index is 13.0. The van der Waals surface area contributed by atoms with Crippen molar-refractivity contribution in [3.63, 3.8) is 0 Å². The molecule has 2 fully saturated rings. The summed E-state index contributed by atoms with van der Waals surface area (Å²) in [6.07, 6.45) is 11.5. The van der Waals surface area contributed by atoms with E-state index in [1.807, 2.05) is 171 Å². The van der Waals surface area contributed by atoms with Gasteiger partial charge in [-0.2, -0.15) is 0 Å². The van der Waals surface area contributed by atoms with Crippen molar-refractivity contribution in [2.75, 3.05) is 6.79 Å². The minimum absolute atomic E-state index is 0.00185. The van der Waals surface area contributed by atoms with Crippen molar-refractivity contribution in [3.8, 4) is 11.5 Å². The molecule has 8 nitrogen and oxygen atoms in total. The highest BCUT2D eigenvalue weighted by atomic mass is 16.7. The molecule has 0 spiro atoms. The highest BCUT2D eigenvalue weighted by Crippen LogP contribution is 2.51. The molecule has 320 valence electrons. The maximum Gasteiger partial charge on any atom is 0.234 e. The number of fused-ring (bicyclic) bond motifs is 1. The molecule has 1 aliphatic heterocycles. The second-order valence-electron chi connectivity index (χ2n) is 14.0. The number of nitrogens with one attached hydrogen (secondary N) is 2. The Morgan fingerprint density at radius 3 is 1.28 bits per heavy atom. The lowest BCUT2D eigenvalue weighted by Crippen LogP contribution is -2.34. The van der Waals surface area contributed by atoms with Gasteiger partial charge in [-0.3, -0.25) is 19.2 Å². The van der Waals surface area contributed by atoms with Gasteiger partial charge in [0.05, 0.1) is 10.8 Å². The molecular weight excluding hydrogens is 761 g/mol. The summed E-state index contributed by atoms with van der Waals surface area (Å²) in [7, 11) is 0. The molecule has 2 amide bonds. The Morgan fingerprint density at radius 1 is 0.459 bits per heavy atom. The van der Waals surface area contributed by atoms with Crippen LogP contribution in [0.15, 0.2) is 156 Å². The van der Waals surface area contributed by atoms with Crippen LogP contribution < -0.4 is 20.1 Å². The lowest BCUT2D eigenvalue weighted by Gasteiger charge is -2.17. The molecule has 4 aromatic carbocycles. The predicted octanol–water partition coefficient (Wildman–Crippen LogP) is 11.7. The first kappa shape index (κ1) is 47.4. The van der Waals surface area contributed by atoms with Gasteiger partial charge in [-0.15, -0.1) is 0 Å². The van der Waals surface area contributed by atoms with Crippen LogP contribution in [0, 0.1) is 0 Å². The number of ether oxygens (including phenoxy) is 2. The Bertz CT molecular complexity index is 2230. The van der Waals surface area contributed by atoms with Gasteiger partial charge in [0.1, 0.15) is 0 Å². The van der Waals surface area contributed by atoms with Gasteiger partial charge in [0, 0.05) is 46.5 Å². The zero-order valence-electron chi connectivity index (χ0n) is 37.1. The SMILES string of the molecule is CC.CC.CC.CC.O=C(C1=CC=C(NC(=O)C2(c3ccc4c(c3)OCO4)CC2)C1)c1ccccc1.O=C(C1=CC=C(NC(=O)C2(c3ccccc3)CC2)C1)c1ccccc1. The number of carbonyl (C=O) groups excluding carboxylic acids is 4. The third-order valence-corrected chi connectivity index (χ3v) is 10.6. The topological polar surface area (TPSA) is 111 Å². The number of carbonyl (C=O) groups is 4. The molecular formula is C53H62N2O6. The van der Waals surface area contributed by atoms with Crippen LogP contribution in [0.25, 0.3) is 0 Å². The van der Waals surface area contributed by atoms with Gasteiger partial charge >= 0.3 is 0 Å². The van der Waals surface area contributed by atoms with Crippen LogP contribution in [0.3, 0.4) is 0 Å². The summed E-state index contributed by atoms with van der Waals surface area (Å²) >= 11 is 0. The second kappa shape index (κ2) is 22.9. The normalized spacial score (nSPS) is 15.9. The third-order valence-electron chi connectivity index (χ3n) is 10.6. The van der Waals surface area contributed by atoms with E-state index >= 15 is 0 Å². The fourth-order valence-corrected chi connectivity index (χ4v) is 7.11. The zero-order valence-corrected chi connectivity index (χ0v) is 37.1. The van der Waals surface area contributed by atoms with Crippen LogP contribution in [0.2, 0.25) is 0 Å². The van der Waals surface area contributed by atoms with Gasteiger partial charge < -0.3 is 20.1 Å². The summed E-state index contributed by atoms with van der Waals surface area (Å²) in [6, 6.07) is 34.0. The van der Waals surface area contributed by atoms with Crippen molar-refractivity contribution in [3.05, 3.63) is 178 Å². The number of rotatable bonds is 10. The summed E-state index contributed by atoms with van der Waals surface area (Å²) in [5.41, 5.74) is 5.40. The number of ketones is 2. The summed E-state index contributed by atoms with van der Waals surface area (Å²) < 4.78 is 10.8. The lowest BCUT2D eigenvalue weighted by atomic mass is 9.94. The molecule has 0 atom stereocenters. The van der Waals surface area contributed by atoms with Crippen molar-refractivity contribution in [1.29, 1.82) is 0 Å². The molecule has 0 bridgehead atoms. The molecule has 8 heteroatoms. The van der Waals surface area contributed by atoms with Crippen LogP contribution >= 0.6 is 0 Å². The molecule has 1 heterocycles. The minimum atomic E-state index is -0.520. The Hall–Kier alpha value is -6.28. The van der Waals surface area contributed by atoms with E-state index in [1.54, 1.807) is 18.2 Å². The first-order chi connectivity index (χ1) is 29.8. The number of benzene rings is 4. The molecule has 5 aliphatic rings. The molecule has 4 aliphatic carbocycles. The van der Waals surface area contributed by atoms with Crippen molar-refractivity contribution in [2.45, 2.75) is 105 Å². The van der Waals surface area contributed by atoms with E-state index in [4.69, 9.17) is 9.47 Å². The van der Waals surface area contributed by atoms with E-state index in [1.165, 1.54) is 0 Å². The van der Waals surface area contributed by atoms with E-state index in [2.05, 4.69) is 10.6 Å². The third kappa shape index (κ3) is 11.3. The molecule has 0 unspecified atom stereocenters. The average Bonchev–Trinajstić information content (AvgIpc) is 4.16. The molecule has 0 aromatic heterocycles. The molecule has 0 radical (unpaired) electrons. The fourth-order valence-electron chi connectivity index (χ4n) is 7.11. The van der Waals surface area contributed by atoms with E-state index in [0.717, 1.165) is 48.2 Å². The number of allylic oxidation sites excluding steroid dienone is 6. The van der Waals surface area contributed by atoms with E-state index in [0.29, 0.717) is 46.6 Å². The average molecular weight is 823 g/mol. The van der Waals surface area contributed by atoms with Crippen LogP contribution in [0.1, 0.15) is 126 Å². The number of amides is 2. The fraction of sp³-hybridized carbons (Fsp3) is 0.321. The van der Waals surface area contributed by atoms with E-state index in [-0.39, 0.29) is 30.2 Å². The summed E-state index contributed by atoms with van der Waals surface area (Å²) in [5, 5.41) is 6.06. The van der Waals surface area contributed by atoms with Gasteiger partial charge in [0.15, 0.2) is 23.1 Å². The maximum atomic E-state index is 13.0. The Balaban J connectivity index is 0.000000232. The smallest absolute Gasteiger partial charge is 0.234 e. The molecule has 2 N–H and O–H groups in total. The first-order valence-corrected chi connectivity index (χ1v) is 21.9. The number of hydrogen-bond acceptors (Lipinski definition) is 6. The Morgan fingerprint density at radius 2 is 0.852 bits per heavy atom. The largest absolute Gasteiger partial charge is 0.454 e. The van der Waals surface area contributed by atoms with Gasteiger partial charge in [0.2, 0.25) is 18.6 Å². The molecule has 2 saturated carbocycles. The molecule has 0 saturated heterocycles. The van der Waals surface area contributed by atoms with Crippen LogP contribution in [0.5, 0.6) is 11.5 Å². The second-order valence-corrected chi connectivity index (χ2v) is 14.0. The Labute approximate surface area is 362 Å². The predicted molar refractivity (Wildman–Crippen MR) is 246 cm³/mol. The molecule has 61 heavy (non-hydrogen) atoms. The lowest BCUT2D eigenvalue weighted by molar-refractivity contribution is -0.123. The van der Waals surface area contributed by atoms with E-state index < -0.39 is 10.8 Å². The molecule has 9 rings (SSSR count). The quantitative estimate of drug-likeness (QED) is 0.154. The van der Waals surface area contributed by atoms with Crippen molar-refractivity contribution in [1.82, 2.24) is 10.6 Å².